The van der Waals surface area contributed by atoms with Gasteiger partial charge in [-0.25, -0.2) is 0 Å². The molecule has 1 aliphatic heterocycles. The molecule has 1 aliphatic rings. The molecule has 212 valence electrons. The molecule has 0 N–H and O–H groups in total. The molecule has 8 rings (SSSR count). The molecule has 0 amide bonds. The van der Waals surface area contributed by atoms with Gasteiger partial charge in [-0.2, -0.15) is 0 Å². The summed E-state index contributed by atoms with van der Waals surface area (Å²) in [6.07, 6.45) is -1.66. The molecule has 0 fully saturated rings. The Balaban J connectivity index is 1.70. The van der Waals surface area contributed by atoms with E-state index in [1.807, 2.05) is 11.3 Å². The van der Waals surface area contributed by atoms with E-state index in [0.29, 0.717) is 0 Å². The third-order valence-corrected chi connectivity index (χ3v) is 10.9. The van der Waals surface area contributed by atoms with Gasteiger partial charge in [0.1, 0.15) is 0 Å². The topological polar surface area (TPSA) is 8.81 Å². The number of para-hydroxylation sites is 1. The van der Waals surface area contributed by atoms with Gasteiger partial charge in [-0.3, -0.25) is 0 Å². The zero-order chi connectivity index (χ0) is 29.7. The van der Waals surface area contributed by atoms with Crippen molar-refractivity contribution in [2.75, 3.05) is 0 Å². The van der Waals surface area contributed by atoms with Crippen LogP contribution in [-0.2, 0) is 10.8 Å². The van der Waals surface area contributed by atoms with Gasteiger partial charge in [-0.1, -0.05) is 132 Å². The van der Waals surface area contributed by atoms with E-state index in [1.54, 1.807) is 0 Å². The normalized spacial score (nSPS) is 14.5. The first-order valence-corrected chi connectivity index (χ1v) is 16.3. The Kier molecular flexibility index (Phi) is 5.50. The number of rotatable bonds is 2. The third kappa shape index (κ3) is 3.63. The lowest BCUT2D eigenvalue weighted by molar-refractivity contribution is -0.498. The maximum Gasteiger partial charge on any atom is 0.436 e. The number of thiazole rings is 1. The Labute approximate surface area is 258 Å². The van der Waals surface area contributed by atoms with E-state index in [2.05, 4.69) is 166 Å². The van der Waals surface area contributed by atoms with Gasteiger partial charge in [0.2, 0.25) is 5.01 Å². The Hall–Kier alpha value is -4.15. The fourth-order valence-corrected chi connectivity index (χ4v) is 8.78. The first-order chi connectivity index (χ1) is 20.6. The van der Waals surface area contributed by atoms with E-state index < -0.39 is 6.42 Å². The molecular formula is C39H37BN2S. The molecule has 0 spiro atoms. The van der Waals surface area contributed by atoms with Crippen LogP contribution < -0.4 is 15.4 Å². The first kappa shape index (κ1) is 26.5. The maximum absolute atomic E-state index is 2.73. The highest BCUT2D eigenvalue weighted by atomic mass is 32.1. The summed E-state index contributed by atoms with van der Waals surface area (Å²) in [5.41, 5.74) is 10.7. The average Bonchev–Trinajstić information content (AvgIpc) is 3.55. The molecule has 2 aromatic heterocycles. The van der Waals surface area contributed by atoms with E-state index in [1.165, 1.54) is 64.6 Å². The Bertz CT molecular complexity index is 2150. The third-order valence-electron chi connectivity index (χ3n) is 9.69. The van der Waals surface area contributed by atoms with Crippen molar-refractivity contribution < 1.29 is 4.48 Å². The lowest BCUT2D eigenvalue weighted by Gasteiger charge is -2.42. The van der Waals surface area contributed by atoms with Crippen molar-refractivity contribution in [1.82, 2.24) is 4.48 Å². The second kappa shape index (κ2) is 8.94. The second-order valence-corrected chi connectivity index (χ2v) is 15.4. The van der Waals surface area contributed by atoms with Crippen LogP contribution in [0.5, 0.6) is 0 Å². The molecule has 4 heteroatoms. The van der Waals surface area contributed by atoms with Crippen LogP contribution in [-0.4, -0.2) is 10.9 Å². The quantitative estimate of drug-likeness (QED) is 0.183. The van der Waals surface area contributed by atoms with Gasteiger partial charge in [-0.05, 0) is 52.3 Å². The van der Waals surface area contributed by atoms with Crippen molar-refractivity contribution in [2.45, 2.75) is 52.4 Å². The van der Waals surface area contributed by atoms with Crippen molar-refractivity contribution in [3.05, 3.63) is 126 Å². The summed E-state index contributed by atoms with van der Waals surface area (Å²) < 4.78 is 6.75. The highest BCUT2D eigenvalue weighted by molar-refractivity contribution is 7.21. The standard InChI is InChI=1S/C39H37BN2S/c1-38(2,3)26-21-22-33-30(23-26)31-24-27(39(4,5)6)25-32-36(31)41(33)40(28-15-9-7-10-16-28,29-17-11-8-12-18-29)42-34-19-13-14-20-35(34)43-37(32)42/h7-25H,1-6H3. The summed E-state index contributed by atoms with van der Waals surface area (Å²) in [4.78, 5) is 0. The Morgan fingerprint density at radius 1 is 0.605 bits per heavy atom. The summed E-state index contributed by atoms with van der Waals surface area (Å²) in [6, 6.07) is 43.6. The highest BCUT2D eigenvalue weighted by Crippen LogP contribution is 2.46. The summed E-state index contributed by atoms with van der Waals surface area (Å²) in [5, 5.41) is 4.02. The molecule has 0 saturated heterocycles. The number of nitrogens with zero attached hydrogens (tertiary/aromatic N) is 2. The molecule has 0 bridgehead atoms. The average molecular weight is 577 g/mol. The van der Waals surface area contributed by atoms with Crippen molar-refractivity contribution in [3.63, 3.8) is 0 Å². The first-order valence-electron chi connectivity index (χ1n) is 15.4. The minimum absolute atomic E-state index is 0.0147. The molecule has 2 nitrogen and oxygen atoms in total. The molecule has 43 heavy (non-hydrogen) atoms. The minimum Gasteiger partial charge on any atom is -0.446 e. The molecule has 5 aromatic carbocycles. The fraction of sp³-hybridized carbons (Fsp3) is 0.205. The number of hydrogen-bond donors (Lipinski definition) is 0. The van der Waals surface area contributed by atoms with E-state index in [-0.39, 0.29) is 10.8 Å². The number of aromatic nitrogens is 2. The molecular weight excluding hydrogens is 539 g/mol. The van der Waals surface area contributed by atoms with Crippen LogP contribution >= 0.6 is 11.3 Å². The maximum atomic E-state index is 2.73. The van der Waals surface area contributed by atoms with Gasteiger partial charge in [0.25, 0.3) is 0 Å². The van der Waals surface area contributed by atoms with Crippen LogP contribution in [0.15, 0.2) is 115 Å². The number of hydrogen-bond acceptors (Lipinski definition) is 1. The summed E-state index contributed by atoms with van der Waals surface area (Å²) >= 11 is 1.93. The van der Waals surface area contributed by atoms with Crippen LogP contribution in [0.3, 0.4) is 0 Å². The fourth-order valence-electron chi connectivity index (χ4n) is 7.54. The molecule has 3 heterocycles. The zero-order valence-corrected chi connectivity index (χ0v) is 26.7. The summed E-state index contributed by atoms with van der Waals surface area (Å²) in [5.74, 6) is 0. The molecule has 0 atom stereocenters. The van der Waals surface area contributed by atoms with Crippen molar-refractivity contribution in [1.29, 1.82) is 0 Å². The van der Waals surface area contributed by atoms with Crippen molar-refractivity contribution in [2.24, 2.45) is 0 Å². The molecule has 0 radical (unpaired) electrons. The van der Waals surface area contributed by atoms with Crippen molar-refractivity contribution in [3.8, 4) is 10.6 Å². The van der Waals surface area contributed by atoms with Crippen LogP contribution in [0.25, 0.3) is 42.6 Å². The van der Waals surface area contributed by atoms with Gasteiger partial charge in [-0.15, -0.1) is 10.9 Å². The number of fused-ring (bicyclic) bond motifs is 7. The van der Waals surface area contributed by atoms with Gasteiger partial charge < -0.3 is 8.96 Å². The Morgan fingerprint density at radius 2 is 1.19 bits per heavy atom. The largest absolute Gasteiger partial charge is 0.446 e. The SMILES string of the molecule is CC(C)(C)c1ccc2c(c1)c1cc(C(C)(C)C)cc3c1n2[B-](c1ccccc1)(c1ccccc1)[n+]1c-3sc2ccccc21. The molecule has 7 aromatic rings. The van der Waals surface area contributed by atoms with Gasteiger partial charge in [0.05, 0.1) is 10.3 Å². The minimum atomic E-state index is -1.66. The van der Waals surface area contributed by atoms with Crippen molar-refractivity contribution >= 4 is 60.7 Å². The Morgan fingerprint density at radius 3 is 1.81 bits per heavy atom. The van der Waals surface area contributed by atoms with Crippen LogP contribution in [0, 0.1) is 0 Å². The van der Waals surface area contributed by atoms with E-state index >= 15 is 0 Å². The molecule has 0 aliphatic carbocycles. The van der Waals surface area contributed by atoms with Crippen LogP contribution in [0.1, 0.15) is 52.7 Å². The second-order valence-electron chi connectivity index (χ2n) is 14.4. The van der Waals surface area contributed by atoms with Crippen LogP contribution in [0.4, 0.5) is 0 Å². The summed E-state index contributed by atoms with van der Waals surface area (Å²) in [6.45, 7) is 14.0. The lowest BCUT2D eigenvalue weighted by atomic mass is 9.35. The predicted molar refractivity (Wildman–Crippen MR) is 187 cm³/mol. The number of benzene rings is 5. The van der Waals surface area contributed by atoms with Crippen LogP contribution in [0.2, 0.25) is 0 Å². The lowest BCUT2D eigenvalue weighted by Crippen LogP contribution is -2.83. The molecule has 0 unspecified atom stereocenters. The van der Waals surface area contributed by atoms with Gasteiger partial charge in [0, 0.05) is 27.9 Å². The van der Waals surface area contributed by atoms with E-state index in [4.69, 9.17) is 0 Å². The smallest absolute Gasteiger partial charge is 0.436 e. The zero-order valence-electron chi connectivity index (χ0n) is 25.8. The van der Waals surface area contributed by atoms with Gasteiger partial charge >= 0.3 is 6.42 Å². The van der Waals surface area contributed by atoms with E-state index in [9.17, 15) is 0 Å². The molecule has 0 saturated carbocycles. The van der Waals surface area contributed by atoms with E-state index in [0.717, 1.165) is 0 Å². The summed E-state index contributed by atoms with van der Waals surface area (Å²) in [7, 11) is 0. The monoisotopic (exact) mass is 576 g/mol. The van der Waals surface area contributed by atoms with Gasteiger partial charge in [0.15, 0.2) is 5.52 Å². The highest BCUT2D eigenvalue weighted by Gasteiger charge is 2.51. The predicted octanol–water partition coefficient (Wildman–Crippen LogP) is 8.53.